The molecule has 2 aliphatic rings. The van der Waals surface area contributed by atoms with Crippen LogP contribution < -0.4 is 10.2 Å². The normalized spacial score (nSPS) is 16.1. The Morgan fingerprint density at radius 1 is 1.00 bits per heavy atom. The minimum atomic E-state index is -0.739. The van der Waals surface area contributed by atoms with E-state index in [0.29, 0.717) is 12.5 Å². The van der Waals surface area contributed by atoms with E-state index in [2.05, 4.69) is 5.32 Å². The molecule has 2 aromatic rings. The van der Waals surface area contributed by atoms with E-state index in [0.717, 1.165) is 17.7 Å². The van der Waals surface area contributed by atoms with E-state index in [9.17, 15) is 19.2 Å². The lowest BCUT2D eigenvalue weighted by atomic mass is 9.89. The Morgan fingerprint density at radius 2 is 1.72 bits per heavy atom. The first-order chi connectivity index (χ1) is 15.5. The Bertz CT molecular complexity index is 1080. The highest BCUT2D eigenvalue weighted by Crippen LogP contribution is 2.33. The van der Waals surface area contributed by atoms with Crippen molar-refractivity contribution >= 4 is 41.0 Å². The molecule has 0 radical (unpaired) electrons. The van der Waals surface area contributed by atoms with E-state index in [4.69, 9.17) is 16.3 Å². The number of anilines is 1. The lowest BCUT2D eigenvalue weighted by Gasteiger charge is -2.21. The fraction of sp³-hybridized carbons (Fsp3) is 0.333. The van der Waals surface area contributed by atoms with Gasteiger partial charge in [0.1, 0.15) is 0 Å². The number of esters is 1. The average Bonchev–Trinajstić information content (AvgIpc) is 3.06. The Labute approximate surface area is 190 Å². The number of halogens is 1. The van der Waals surface area contributed by atoms with Crippen LogP contribution >= 0.6 is 11.6 Å². The van der Waals surface area contributed by atoms with Crippen molar-refractivity contribution < 1.29 is 23.9 Å². The second kappa shape index (κ2) is 9.53. The van der Waals surface area contributed by atoms with Gasteiger partial charge in [-0.25, -0.2) is 9.69 Å². The van der Waals surface area contributed by atoms with E-state index < -0.39 is 24.4 Å². The molecule has 4 rings (SSSR count). The van der Waals surface area contributed by atoms with Crippen LogP contribution in [-0.2, 0) is 9.53 Å². The molecule has 0 bridgehead atoms. The van der Waals surface area contributed by atoms with Gasteiger partial charge in [0.15, 0.2) is 6.61 Å². The summed E-state index contributed by atoms with van der Waals surface area (Å²) in [7, 11) is 0. The number of rotatable bonds is 6. The Balaban J connectivity index is 1.39. The van der Waals surface area contributed by atoms with Crippen LogP contribution in [0.15, 0.2) is 42.5 Å². The van der Waals surface area contributed by atoms with Crippen LogP contribution in [-0.4, -0.2) is 36.8 Å². The van der Waals surface area contributed by atoms with Crippen LogP contribution in [0.2, 0.25) is 5.02 Å². The van der Waals surface area contributed by atoms with Crippen molar-refractivity contribution in [2.75, 3.05) is 18.1 Å². The first kappa shape index (κ1) is 22.0. The van der Waals surface area contributed by atoms with Crippen LogP contribution in [0.25, 0.3) is 0 Å². The molecule has 8 heteroatoms. The minimum Gasteiger partial charge on any atom is -0.452 e. The molecule has 1 N–H and O–H groups in total. The second-order valence-corrected chi connectivity index (χ2v) is 8.45. The quantitative estimate of drug-likeness (QED) is 0.526. The van der Waals surface area contributed by atoms with E-state index in [1.165, 1.54) is 37.5 Å². The highest BCUT2D eigenvalue weighted by molar-refractivity contribution is 6.39. The molecular formula is C24H23ClN2O5. The number of benzene rings is 2. The average molecular weight is 455 g/mol. The number of carbonyl (C=O) groups excluding carboxylic acids is 4. The zero-order valence-corrected chi connectivity index (χ0v) is 18.2. The number of nitrogens with zero attached hydrogens (tertiary/aromatic N) is 1. The zero-order chi connectivity index (χ0) is 22.7. The molecule has 7 nitrogen and oxygen atoms in total. The van der Waals surface area contributed by atoms with Gasteiger partial charge in [-0.3, -0.25) is 14.4 Å². The summed E-state index contributed by atoms with van der Waals surface area (Å²) in [6, 6.07) is 10.7. The summed E-state index contributed by atoms with van der Waals surface area (Å²) in [5.41, 5.74) is 0.632. The molecule has 2 aromatic carbocycles. The molecule has 3 amide bonds. The van der Waals surface area contributed by atoms with E-state index in [1.54, 1.807) is 24.3 Å². The van der Waals surface area contributed by atoms with Crippen molar-refractivity contribution in [3.63, 3.8) is 0 Å². The number of amides is 3. The van der Waals surface area contributed by atoms with E-state index in [-0.39, 0.29) is 33.3 Å². The van der Waals surface area contributed by atoms with Gasteiger partial charge in [-0.1, -0.05) is 43.0 Å². The van der Waals surface area contributed by atoms with Crippen LogP contribution in [0.4, 0.5) is 5.69 Å². The fourth-order valence-electron chi connectivity index (χ4n) is 4.13. The van der Waals surface area contributed by atoms with Gasteiger partial charge in [-0.05, 0) is 49.1 Å². The van der Waals surface area contributed by atoms with Crippen LogP contribution in [0.1, 0.15) is 63.2 Å². The maximum atomic E-state index is 12.9. The Hall–Kier alpha value is -3.19. The van der Waals surface area contributed by atoms with Gasteiger partial charge < -0.3 is 10.1 Å². The summed E-state index contributed by atoms with van der Waals surface area (Å²) in [4.78, 5) is 51.0. The van der Waals surface area contributed by atoms with Gasteiger partial charge in [-0.2, -0.15) is 0 Å². The summed E-state index contributed by atoms with van der Waals surface area (Å²) in [6.07, 6.45) is 5.82. The van der Waals surface area contributed by atoms with E-state index >= 15 is 0 Å². The van der Waals surface area contributed by atoms with Crippen molar-refractivity contribution in [3.8, 4) is 0 Å². The molecule has 32 heavy (non-hydrogen) atoms. The highest BCUT2D eigenvalue weighted by Gasteiger charge is 2.38. The predicted octanol–water partition coefficient (Wildman–Crippen LogP) is 3.99. The number of carbonyl (C=O) groups is 4. The van der Waals surface area contributed by atoms with Crippen LogP contribution in [0, 0.1) is 5.92 Å². The molecule has 1 fully saturated rings. The number of ether oxygens (including phenoxy) is 1. The molecule has 1 heterocycles. The SMILES string of the molecule is O=C(COC(=O)c1ccc2c(c1)C(=O)N(c1ccccc1Cl)C2=O)NCC1CCCCC1. The summed E-state index contributed by atoms with van der Waals surface area (Å²) < 4.78 is 5.10. The minimum absolute atomic E-state index is 0.0889. The number of nitrogens with one attached hydrogen (secondary N) is 1. The number of imide groups is 1. The monoisotopic (exact) mass is 454 g/mol. The molecule has 0 unspecified atom stereocenters. The first-order valence-electron chi connectivity index (χ1n) is 10.7. The third-order valence-corrected chi connectivity index (χ3v) is 6.18. The van der Waals surface area contributed by atoms with Gasteiger partial charge in [0, 0.05) is 6.54 Å². The predicted molar refractivity (Wildman–Crippen MR) is 119 cm³/mol. The highest BCUT2D eigenvalue weighted by atomic mass is 35.5. The lowest BCUT2D eigenvalue weighted by molar-refractivity contribution is -0.124. The molecule has 0 saturated heterocycles. The summed E-state index contributed by atoms with van der Waals surface area (Å²) in [5.74, 6) is -1.71. The molecule has 0 aromatic heterocycles. The number of para-hydroxylation sites is 1. The molecule has 1 saturated carbocycles. The molecule has 0 spiro atoms. The standard InChI is InChI=1S/C24H23ClN2O5/c25-19-8-4-5-9-20(19)27-22(29)17-11-10-16(12-18(17)23(27)30)24(31)32-14-21(28)26-13-15-6-2-1-3-7-15/h4-5,8-12,15H,1-3,6-7,13-14H2,(H,26,28). The zero-order valence-electron chi connectivity index (χ0n) is 17.4. The van der Waals surface area contributed by atoms with Crippen LogP contribution in [0.3, 0.4) is 0 Å². The van der Waals surface area contributed by atoms with Gasteiger partial charge >= 0.3 is 5.97 Å². The smallest absolute Gasteiger partial charge is 0.338 e. The second-order valence-electron chi connectivity index (χ2n) is 8.04. The number of hydrogen-bond donors (Lipinski definition) is 1. The van der Waals surface area contributed by atoms with Crippen molar-refractivity contribution in [2.45, 2.75) is 32.1 Å². The maximum absolute atomic E-state index is 12.9. The molecular weight excluding hydrogens is 432 g/mol. The summed E-state index contributed by atoms with van der Waals surface area (Å²) >= 11 is 6.15. The largest absolute Gasteiger partial charge is 0.452 e. The van der Waals surface area contributed by atoms with Crippen molar-refractivity contribution in [2.24, 2.45) is 5.92 Å². The van der Waals surface area contributed by atoms with Gasteiger partial charge in [-0.15, -0.1) is 0 Å². The summed E-state index contributed by atoms with van der Waals surface area (Å²) in [6.45, 7) is 0.186. The number of hydrogen-bond acceptors (Lipinski definition) is 5. The van der Waals surface area contributed by atoms with Gasteiger partial charge in [0.25, 0.3) is 17.7 Å². The Morgan fingerprint density at radius 3 is 2.47 bits per heavy atom. The third-order valence-electron chi connectivity index (χ3n) is 5.86. The van der Waals surface area contributed by atoms with E-state index in [1.807, 2.05) is 0 Å². The van der Waals surface area contributed by atoms with Gasteiger partial charge in [0.2, 0.25) is 0 Å². The van der Waals surface area contributed by atoms with Crippen LogP contribution in [0.5, 0.6) is 0 Å². The van der Waals surface area contributed by atoms with Crippen molar-refractivity contribution in [3.05, 3.63) is 64.2 Å². The fourth-order valence-corrected chi connectivity index (χ4v) is 4.35. The third kappa shape index (κ3) is 4.53. The van der Waals surface area contributed by atoms with Crippen molar-refractivity contribution in [1.82, 2.24) is 5.32 Å². The number of fused-ring (bicyclic) bond motifs is 1. The topological polar surface area (TPSA) is 92.8 Å². The Kier molecular flexibility index (Phi) is 6.55. The first-order valence-corrected chi connectivity index (χ1v) is 11.0. The lowest BCUT2D eigenvalue weighted by Crippen LogP contribution is -2.33. The van der Waals surface area contributed by atoms with Crippen molar-refractivity contribution in [1.29, 1.82) is 0 Å². The molecule has 166 valence electrons. The summed E-state index contributed by atoms with van der Waals surface area (Å²) in [5, 5.41) is 3.07. The maximum Gasteiger partial charge on any atom is 0.338 e. The molecule has 1 aliphatic carbocycles. The molecule has 1 aliphatic heterocycles. The molecule has 0 atom stereocenters. The van der Waals surface area contributed by atoms with Gasteiger partial charge in [0.05, 0.1) is 27.4 Å².